The summed E-state index contributed by atoms with van der Waals surface area (Å²) in [6.07, 6.45) is 1.87. The second kappa shape index (κ2) is 10.3. The number of methoxy groups -OCH3 is 1. The molecule has 2 N–H and O–H groups in total. The summed E-state index contributed by atoms with van der Waals surface area (Å²) in [5, 5.41) is 6.02. The number of benzene rings is 1. The minimum Gasteiger partial charge on any atom is -0.481 e. The number of anilines is 4. The van der Waals surface area contributed by atoms with Crippen LogP contribution in [0.25, 0.3) is 0 Å². The van der Waals surface area contributed by atoms with E-state index in [1.807, 2.05) is 29.2 Å². The minimum absolute atomic E-state index is 0.0231. The van der Waals surface area contributed by atoms with Crippen LogP contribution in [0, 0.1) is 0 Å². The lowest BCUT2D eigenvalue weighted by Gasteiger charge is -2.40. The van der Waals surface area contributed by atoms with Crippen LogP contribution < -0.4 is 25.2 Å². The van der Waals surface area contributed by atoms with Crippen molar-refractivity contribution in [2.75, 3.05) is 66.0 Å². The summed E-state index contributed by atoms with van der Waals surface area (Å²) in [6.45, 7) is 3.27. The number of pyridine rings is 1. The van der Waals surface area contributed by atoms with E-state index in [4.69, 9.17) is 9.47 Å². The lowest BCUT2D eigenvalue weighted by atomic mass is 10.0. The van der Waals surface area contributed by atoms with Gasteiger partial charge in [0.2, 0.25) is 17.7 Å². The van der Waals surface area contributed by atoms with Crippen LogP contribution in [0.2, 0.25) is 0 Å². The Morgan fingerprint density at radius 3 is 2.79 bits per heavy atom. The first-order chi connectivity index (χ1) is 18.5. The molecule has 2 saturated heterocycles. The molecule has 2 aromatic rings. The van der Waals surface area contributed by atoms with Crippen LogP contribution in [0.3, 0.4) is 0 Å². The molecule has 0 saturated carbocycles. The molecular formula is C26H30N6O5S. The highest BCUT2D eigenvalue weighted by Crippen LogP contribution is 2.36. The largest absolute Gasteiger partial charge is 0.481 e. The molecule has 0 radical (unpaired) electrons. The van der Waals surface area contributed by atoms with Crippen LogP contribution in [0.15, 0.2) is 35.2 Å². The summed E-state index contributed by atoms with van der Waals surface area (Å²) in [4.78, 5) is 48.5. The van der Waals surface area contributed by atoms with Crippen molar-refractivity contribution in [3.8, 4) is 5.88 Å². The number of likely N-dealkylation sites (tertiary alicyclic amines) is 1. The number of cyclic esters (lactones) is 1. The predicted molar refractivity (Wildman–Crippen MR) is 144 cm³/mol. The zero-order valence-electron chi connectivity index (χ0n) is 21.1. The molecule has 200 valence electrons. The molecule has 12 heteroatoms. The average Bonchev–Trinajstić information content (AvgIpc) is 3.31. The summed E-state index contributed by atoms with van der Waals surface area (Å²) >= 11 is 1.49. The molecule has 1 atom stereocenters. The lowest BCUT2D eigenvalue weighted by molar-refractivity contribution is -0.118. The van der Waals surface area contributed by atoms with Crippen molar-refractivity contribution in [2.24, 2.45) is 0 Å². The number of piperidine rings is 1. The molecule has 3 amide bonds. The van der Waals surface area contributed by atoms with E-state index in [0.29, 0.717) is 24.0 Å². The van der Waals surface area contributed by atoms with Crippen LogP contribution in [-0.2, 0) is 14.3 Å². The number of nitrogens with zero attached hydrogens (tertiary/aromatic N) is 4. The van der Waals surface area contributed by atoms with E-state index in [2.05, 4.69) is 20.5 Å². The van der Waals surface area contributed by atoms with E-state index in [-0.39, 0.29) is 36.6 Å². The Labute approximate surface area is 224 Å². The third-order valence-electron chi connectivity index (χ3n) is 7.46. The van der Waals surface area contributed by atoms with Gasteiger partial charge in [0.1, 0.15) is 6.10 Å². The van der Waals surface area contributed by atoms with Crippen molar-refractivity contribution in [3.63, 3.8) is 0 Å². The number of amides is 3. The smallest absolute Gasteiger partial charge is 0.414 e. The zero-order chi connectivity index (χ0) is 26.2. The summed E-state index contributed by atoms with van der Waals surface area (Å²) < 4.78 is 10.9. The van der Waals surface area contributed by atoms with Crippen LogP contribution in [0.5, 0.6) is 5.88 Å². The quantitative estimate of drug-likeness (QED) is 0.573. The molecule has 38 heavy (non-hydrogen) atoms. The normalized spacial score (nSPS) is 21.9. The highest BCUT2D eigenvalue weighted by molar-refractivity contribution is 8.00. The summed E-state index contributed by atoms with van der Waals surface area (Å²) in [6, 6.07) is 9.46. The molecule has 0 unspecified atom stereocenters. The number of aromatic nitrogens is 1. The standard InChI is InChI=1S/C26H30N6O5S/c1-36-23-5-3-19-25(29-23)32(24(34)13-27-19)16-6-9-30(10-7-16)11-8-18-14-31(26(35)37-18)17-2-4-21-20(12-17)28-22(33)15-38-21/h2-5,12,16,18,27H,6-11,13-15H2,1H3,(H,28,33)/t18-/m0/s1. The van der Waals surface area contributed by atoms with E-state index < -0.39 is 0 Å². The summed E-state index contributed by atoms with van der Waals surface area (Å²) in [7, 11) is 1.57. The fourth-order valence-corrected chi connectivity index (χ4v) is 6.25. The molecular weight excluding hydrogens is 508 g/mol. The first-order valence-corrected chi connectivity index (χ1v) is 13.9. The van der Waals surface area contributed by atoms with Gasteiger partial charge in [-0.15, -0.1) is 11.8 Å². The van der Waals surface area contributed by atoms with E-state index in [1.54, 1.807) is 18.1 Å². The Bertz CT molecular complexity index is 1270. The Hall–Kier alpha value is -3.51. The van der Waals surface area contributed by atoms with Gasteiger partial charge < -0.3 is 25.0 Å². The number of hydrogen-bond acceptors (Lipinski definition) is 9. The van der Waals surface area contributed by atoms with Gasteiger partial charge in [-0.1, -0.05) is 0 Å². The first-order valence-electron chi connectivity index (χ1n) is 12.9. The summed E-state index contributed by atoms with van der Waals surface area (Å²) in [5.74, 6) is 1.52. The molecule has 0 spiro atoms. The molecule has 1 aromatic heterocycles. The highest BCUT2D eigenvalue weighted by Gasteiger charge is 2.36. The van der Waals surface area contributed by atoms with Crippen molar-refractivity contribution >= 4 is 52.5 Å². The molecule has 2 fully saturated rings. The van der Waals surface area contributed by atoms with E-state index in [1.165, 1.54) is 11.8 Å². The van der Waals surface area contributed by atoms with Gasteiger partial charge in [-0.05, 0) is 43.5 Å². The molecule has 6 rings (SSSR count). The number of carbonyl (C=O) groups excluding carboxylic acids is 3. The predicted octanol–water partition coefficient (Wildman–Crippen LogP) is 2.77. The van der Waals surface area contributed by atoms with Crippen molar-refractivity contribution in [2.45, 2.75) is 36.3 Å². The Kier molecular flexibility index (Phi) is 6.75. The molecule has 1 aromatic carbocycles. The van der Waals surface area contributed by atoms with Gasteiger partial charge in [-0.25, -0.2) is 4.79 Å². The lowest BCUT2D eigenvalue weighted by Crippen LogP contribution is -2.51. The number of ether oxygens (including phenoxy) is 2. The van der Waals surface area contributed by atoms with Crippen LogP contribution in [0.4, 0.5) is 27.7 Å². The summed E-state index contributed by atoms with van der Waals surface area (Å²) in [5.41, 5.74) is 2.31. The fraction of sp³-hybridized carbons (Fsp3) is 0.462. The van der Waals surface area contributed by atoms with Crippen LogP contribution in [-0.4, -0.2) is 85.5 Å². The minimum atomic E-state index is -0.359. The molecule has 0 aliphatic carbocycles. The van der Waals surface area contributed by atoms with Gasteiger partial charge in [0, 0.05) is 42.3 Å². The second-order valence-corrected chi connectivity index (χ2v) is 10.9. The van der Waals surface area contributed by atoms with E-state index in [0.717, 1.165) is 60.9 Å². The SMILES string of the molecule is COc1ccc2c(n1)N(C1CCN(CC[C@H]3CN(c4ccc5c(c4)NC(=O)CS5)C(=O)O3)CC1)C(=O)CN2. The maximum atomic E-state index is 12.8. The molecule has 4 aliphatic heterocycles. The Morgan fingerprint density at radius 2 is 1.97 bits per heavy atom. The third-order valence-corrected chi connectivity index (χ3v) is 8.53. The van der Waals surface area contributed by atoms with E-state index >= 15 is 0 Å². The average molecular weight is 539 g/mol. The number of carbonyl (C=O) groups is 3. The number of fused-ring (bicyclic) bond motifs is 2. The van der Waals surface area contributed by atoms with Crippen molar-refractivity contribution in [1.82, 2.24) is 9.88 Å². The zero-order valence-corrected chi connectivity index (χ0v) is 22.0. The number of thioether (sulfide) groups is 1. The molecule has 11 nitrogen and oxygen atoms in total. The van der Waals surface area contributed by atoms with Gasteiger partial charge in [-0.3, -0.25) is 19.4 Å². The maximum absolute atomic E-state index is 12.8. The van der Waals surface area contributed by atoms with Gasteiger partial charge in [0.25, 0.3) is 0 Å². The van der Waals surface area contributed by atoms with E-state index in [9.17, 15) is 14.4 Å². The van der Waals surface area contributed by atoms with Crippen molar-refractivity contribution in [1.29, 1.82) is 0 Å². The molecule has 0 bridgehead atoms. The first kappa shape index (κ1) is 24.8. The van der Waals surface area contributed by atoms with Gasteiger partial charge in [0.15, 0.2) is 5.82 Å². The molecule has 5 heterocycles. The van der Waals surface area contributed by atoms with Gasteiger partial charge in [0.05, 0.1) is 37.3 Å². The molecule has 4 aliphatic rings. The third kappa shape index (κ3) is 4.85. The highest BCUT2D eigenvalue weighted by atomic mass is 32.2. The van der Waals surface area contributed by atoms with Crippen LogP contribution in [0.1, 0.15) is 19.3 Å². The topological polar surface area (TPSA) is 116 Å². The number of rotatable bonds is 6. The Balaban J connectivity index is 1.03. The van der Waals surface area contributed by atoms with Gasteiger partial charge in [-0.2, -0.15) is 4.98 Å². The van der Waals surface area contributed by atoms with Crippen molar-refractivity contribution in [3.05, 3.63) is 30.3 Å². The number of nitrogens with one attached hydrogen (secondary N) is 2. The second-order valence-electron chi connectivity index (χ2n) is 9.84. The van der Waals surface area contributed by atoms with Crippen molar-refractivity contribution < 1.29 is 23.9 Å². The maximum Gasteiger partial charge on any atom is 0.414 e. The Morgan fingerprint density at radius 1 is 1.13 bits per heavy atom. The monoisotopic (exact) mass is 538 g/mol. The number of hydrogen-bond donors (Lipinski definition) is 2. The van der Waals surface area contributed by atoms with Gasteiger partial charge >= 0.3 is 6.09 Å². The fourth-order valence-electron chi connectivity index (χ4n) is 5.47. The van der Waals surface area contributed by atoms with Crippen LogP contribution >= 0.6 is 11.8 Å².